The second-order valence-electron chi connectivity index (χ2n) is 5.80. The van der Waals surface area contributed by atoms with Crippen LogP contribution in [0.15, 0.2) is 0 Å². The van der Waals surface area contributed by atoms with Crippen molar-refractivity contribution in [3.05, 3.63) is 0 Å². The number of rotatable bonds is 9. The Labute approximate surface area is 123 Å². The van der Waals surface area contributed by atoms with Gasteiger partial charge in [-0.15, -0.1) is 0 Å². The Hall–Kier alpha value is -0.650. The Morgan fingerprint density at radius 2 is 2.10 bits per heavy atom. The van der Waals surface area contributed by atoms with E-state index in [1.165, 1.54) is 32.1 Å². The number of ether oxygens (including phenoxy) is 1. The van der Waals surface area contributed by atoms with Gasteiger partial charge in [-0.05, 0) is 39.3 Å². The van der Waals surface area contributed by atoms with Crippen molar-refractivity contribution in [2.75, 3.05) is 33.9 Å². The molecule has 0 bridgehead atoms. The number of methoxy groups -OCH3 is 1. The topological polar surface area (TPSA) is 67.6 Å². The zero-order valence-electron chi connectivity index (χ0n) is 13.1. The first-order valence-corrected chi connectivity index (χ1v) is 7.87. The van der Waals surface area contributed by atoms with Crippen LogP contribution >= 0.6 is 0 Å². The van der Waals surface area contributed by atoms with E-state index >= 15 is 0 Å². The molecule has 0 radical (unpaired) electrons. The summed E-state index contributed by atoms with van der Waals surface area (Å²) in [6.07, 6.45) is 8.31. The molecule has 0 aromatic heterocycles. The van der Waals surface area contributed by atoms with Crippen molar-refractivity contribution in [1.82, 2.24) is 10.2 Å². The predicted molar refractivity (Wildman–Crippen MR) is 81.6 cm³/mol. The number of nitrogens with two attached hydrogens (primary N) is 1. The van der Waals surface area contributed by atoms with Gasteiger partial charge in [-0.25, -0.2) is 0 Å². The van der Waals surface area contributed by atoms with Gasteiger partial charge in [-0.1, -0.05) is 19.3 Å². The monoisotopic (exact) mass is 285 g/mol. The smallest absolute Gasteiger partial charge is 0.237 e. The molecule has 1 saturated carbocycles. The molecule has 1 rings (SSSR count). The van der Waals surface area contributed by atoms with E-state index in [1.807, 2.05) is 0 Å². The van der Waals surface area contributed by atoms with Crippen LogP contribution in [-0.2, 0) is 9.53 Å². The second-order valence-corrected chi connectivity index (χ2v) is 5.80. The molecule has 0 aromatic rings. The van der Waals surface area contributed by atoms with Crippen LogP contribution in [0.1, 0.15) is 44.9 Å². The van der Waals surface area contributed by atoms with E-state index < -0.39 is 6.04 Å². The molecule has 0 aliphatic heterocycles. The Morgan fingerprint density at radius 1 is 1.40 bits per heavy atom. The number of nitrogens with zero attached hydrogens (tertiary/aromatic N) is 1. The van der Waals surface area contributed by atoms with Crippen LogP contribution in [0.3, 0.4) is 0 Å². The fourth-order valence-electron chi connectivity index (χ4n) is 2.75. The first-order chi connectivity index (χ1) is 9.65. The summed E-state index contributed by atoms with van der Waals surface area (Å²) in [4.78, 5) is 14.1. The van der Waals surface area contributed by atoms with Crippen molar-refractivity contribution in [2.45, 2.75) is 57.0 Å². The second kappa shape index (κ2) is 10.1. The van der Waals surface area contributed by atoms with Crippen LogP contribution < -0.4 is 11.1 Å². The number of amides is 1. The normalized spacial score (nSPS) is 18.2. The average molecular weight is 285 g/mol. The fourth-order valence-corrected chi connectivity index (χ4v) is 2.75. The van der Waals surface area contributed by atoms with E-state index in [4.69, 9.17) is 10.5 Å². The van der Waals surface area contributed by atoms with E-state index in [0.717, 1.165) is 19.0 Å². The summed E-state index contributed by atoms with van der Waals surface area (Å²) in [5.74, 6) is -0.0673. The molecular formula is C15H31N3O2. The minimum absolute atomic E-state index is 0.0673. The molecule has 0 spiro atoms. The zero-order chi connectivity index (χ0) is 14.8. The Kier molecular flexibility index (Phi) is 8.82. The quantitative estimate of drug-likeness (QED) is 0.623. The van der Waals surface area contributed by atoms with Crippen LogP contribution in [-0.4, -0.2) is 56.7 Å². The molecule has 118 valence electrons. The van der Waals surface area contributed by atoms with Gasteiger partial charge in [0.2, 0.25) is 5.91 Å². The summed E-state index contributed by atoms with van der Waals surface area (Å²) in [5, 5.41) is 2.90. The van der Waals surface area contributed by atoms with Crippen molar-refractivity contribution >= 4 is 5.91 Å². The number of hydrogen-bond acceptors (Lipinski definition) is 4. The van der Waals surface area contributed by atoms with Crippen molar-refractivity contribution < 1.29 is 9.53 Å². The molecule has 1 fully saturated rings. The molecule has 1 amide bonds. The summed E-state index contributed by atoms with van der Waals surface area (Å²) >= 11 is 0. The number of nitrogens with one attached hydrogen (secondary N) is 1. The summed E-state index contributed by atoms with van der Waals surface area (Å²) in [6.45, 7) is 2.27. The molecule has 1 aliphatic carbocycles. The van der Waals surface area contributed by atoms with E-state index in [9.17, 15) is 4.79 Å². The molecule has 5 nitrogen and oxygen atoms in total. The predicted octanol–water partition coefficient (Wildman–Crippen LogP) is 1.12. The number of hydrogen-bond donors (Lipinski definition) is 2. The first-order valence-electron chi connectivity index (χ1n) is 7.87. The first kappa shape index (κ1) is 17.4. The molecule has 20 heavy (non-hydrogen) atoms. The third kappa shape index (κ3) is 6.68. The molecular weight excluding hydrogens is 254 g/mol. The van der Waals surface area contributed by atoms with Gasteiger partial charge >= 0.3 is 0 Å². The molecule has 1 unspecified atom stereocenters. The van der Waals surface area contributed by atoms with Gasteiger partial charge in [0, 0.05) is 26.3 Å². The standard InChI is InChI=1S/C15H31N3O2/c1-18(13-7-4-3-5-8-13)11-6-10-17-15(19)14(16)9-12-20-2/h13-14H,3-12,16H2,1-2H3,(H,17,19). The SMILES string of the molecule is COCCC(N)C(=O)NCCCN(C)C1CCCCC1. The summed E-state index contributed by atoms with van der Waals surface area (Å²) in [6, 6.07) is 0.287. The number of carbonyl (C=O) groups is 1. The van der Waals surface area contributed by atoms with Crippen molar-refractivity contribution in [3.63, 3.8) is 0 Å². The molecule has 1 atom stereocenters. The number of carbonyl (C=O) groups excluding carboxylic acids is 1. The molecule has 0 heterocycles. The minimum Gasteiger partial charge on any atom is -0.385 e. The highest BCUT2D eigenvalue weighted by atomic mass is 16.5. The molecule has 5 heteroatoms. The molecule has 0 saturated heterocycles. The lowest BCUT2D eigenvalue weighted by molar-refractivity contribution is -0.122. The van der Waals surface area contributed by atoms with Gasteiger partial charge in [0.15, 0.2) is 0 Å². The van der Waals surface area contributed by atoms with Gasteiger partial charge in [0.1, 0.15) is 0 Å². The van der Waals surface area contributed by atoms with E-state index in [-0.39, 0.29) is 5.91 Å². The third-order valence-corrected chi connectivity index (χ3v) is 4.15. The zero-order valence-corrected chi connectivity index (χ0v) is 13.1. The lowest BCUT2D eigenvalue weighted by atomic mass is 9.94. The van der Waals surface area contributed by atoms with Gasteiger partial charge in [0.05, 0.1) is 6.04 Å². The third-order valence-electron chi connectivity index (χ3n) is 4.15. The Morgan fingerprint density at radius 3 is 2.75 bits per heavy atom. The maximum Gasteiger partial charge on any atom is 0.237 e. The van der Waals surface area contributed by atoms with Crippen LogP contribution in [0.4, 0.5) is 0 Å². The Bertz CT molecular complexity index is 268. The molecule has 3 N–H and O–H groups in total. The summed E-state index contributed by atoms with van der Waals surface area (Å²) in [5.41, 5.74) is 5.76. The molecule has 0 aromatic carbocycles. The van der Waals surface area contributed by atoms with Crippen molar-refractivity contribution in [1.29, 1.82) is 0 Å². The van der Waals surface area contributed by atoms with E-state index in [0.29, 0.717) is 19.6 Å². The highest BCUT2D eigenvalue weighted by Gasteiger charge is 2.17. The summed E-state index contributed by atoms with van der Waals surface area (Å²) < 4.78 is 4.92. The van der Waals surface area contributed by atoms with Crippen LogP contribution in [0.2, 0.25) is 0 Å². The van der Waals surface area contributed by atoms with Gasteiger partial charge in [-0.2, -0.15) is 0 Å². The van der Waals surface area contributed by atoms with E-state index in [2.05, 4.69) is 17.3 Å². The highest BCUT2D eigenvalue weighted by molar-refractivity contribution is 5.81. The Balaban J connectivity index is 2.06. The molecule has 1 aliphatic rings. The average Bonchev–Trinajstić information content (AvgIpc) is 2.49. The lowest BCUT2D eigenvalue weighted by Crippen LogP contribution is -2.42. The fraction of sp³-hybridized carbons (Fsp3) is 0.933. The lowest BCUT2D eigenvalue weighted by Gasteiger charge is -2.31. The van der Waals surface area contributed by atoms with Gasteiger partial charge in [-0.3, -0.25) is 4.79 Å². The van der Waals surface area contributed by atoms with Gasteiger partial charge in [0.25, 0.3) is 0 Å². The van der Waals surface area contributed by atoms with Crippen molar-refractivity contribution in [2.24, 2.45) is 5.73 Å². The van der Waals surface area contributed by atoms with Crippen molar-refractivity contribution in [3.8, 4) is 0 Å². The maximum atomic E-state index is 11.7. The largest absolute Gasteiger partial charge is 0.385 e. The minimum atomic E-state index is -0.453. The maximum absolute atomic E-state index is 11.7. The summed E-state index contributed by atoms with van der Waals surface area (Å²) in [7, 11) is 3.81. The van der Waals surface area contributed by atoms with Crippen LogP contribution in [0.25, 0.3) is 0 Å². The van der Waals surface area contributed by atoms with Crippen LogP contribution in [0, 0.1) is 0 Å². The van der Waals surface area contributed by atoms with Crippen LogP contribution in [0.5, 0.6) is 0 Å². The van der Waals surface area contributed by atoms with Gasteiger partial charge < -0.3 is 20.7 Å². The van der Waals surface area contributed by atoms with E-state index in [1.54, 1.807) is 7.11 Å². The highest BCUT2D eigenvalue weighted by Crippen LogP contribution is 2.21.